The molecule has 20 heavy (non-hydrogen) atoms. The first-order valence-corrected chi connectivity index (χ1v) is 6.87. The molecule has 3 nitrogen and oxygen atoms in total. The fraction of sp³-hybridized carbons (Fsp3) is 0.286. The summed E-state index contributed by atoms with van der Waals surface area (Å²) in [6, 6.07) is 2.54. The molecule has 0 saturated carbocycles. The molecule has 0 spiro atoms. The van der Waals surface area contributed by atoms with E-state index in [4.69, 9.17) is 0 Å². The number of rotatable bonds is 3. The molecule has 2 aromatic rings. The molecule has 1 N–H and O–H groups in total. The topological polar surface area (TPSA) is 37.8 Å². The van der Waals surface area contributed by atoms with Gasteiger partial charge in [-0.05, 0) is 49.0 Å². The van der Waals surface area contributed by atoms with Crippen molar-refractivity contribution in [1.29, 1.82) is 0 Å². The zero-order valence-corrected chi connectivity index (χ0v) is 13.0. The summed E-state index contributed by atoms with van der Waals surface area (Å²) in [6.07, 6.45) is 0. The second-order valence-corrected chi connectivity index (χ2v) is 5.24. The third-order valence-electron chi connectivity index (χ3n) is 3.05. The standard InChI is InChI=1S/C14H14BrF2N3/c1-7-10(6-18-3)8(2)20-14(19-7)9-4-5-11(16)13(17)12(9)15/h4-5,18H,6H2,1-3H3. The molecule has 1 aromatic heterocycles. The van der Waals surface area contributed by atoms with Gasteiger partial charge in [0.2, 0.25) is 0 Å². The summed E-state index contributed by atoms with van der Waals surface area (Å²) in [6.45, 7) is 4.41. The quantitative estimate of drug-likeness (QED) is 0.868. The Morgan fingerprint density at radius 3 is 2.30 bits per heavy atom. The van der Waals surface area contributed by atoms with Crippen LogP contribution in [0.4, 0.5) is 8.78 Å². The molecule has 0 fully saturated rings. The lowest BCUT2D eigenvalue weighted by atomic mass is 10.1. The van der Waals surface area contributed by atoms with Crippen LogP contribution in [0.15, 0.2) is 16.6 Å². The Labute approximate surface area is 124 Å². The van der Waals surface area contributed by atoms with Gasteiger partial charge in [0.25, 0.3) is 0 Å². The molecule has 0 aliphatic rings. The summed E-state index contributed by atoms with van der Waals surface area (Å²) in [5.74, 6) is -1.45. The van der Waals surface area contributed by atoms with Crippen molar-refractivity contribution in [3.05, 3.63) is 45.2 Å². The first-order valence-electron chi connectivity index (χ1n) is 6.08. The number of nitrogens with one attached hydrogen (secondary N) is 1. The van der Waals surface area contributed by atoms with Crippen molar-refractivity contribution in [2.45, 2.75) is 20.4 Å². The van der Waals surface area contributed by atoms with Gasteiger partial charge in [-0.3, -0.25) is 0 Å². The predicted octanol–water partition coefficient (Wildman–Crippen LogP) is 3.52. The van der Waals surface area contributed by atoms with E-state index in [1.54, 1.807) is 0 Å². The molecule has 0 aliphatic heterocycles. The Hall–Kier alpha value is -1.40. The first-order chi connectivity index (χ1) is 9.45. The van der Waals surface area contributed by atoms with E-state index in [1.807, 2.05) is 20.9 Å². The van der Waals surface area contributed by atoms with Crippen LogP contribution in [0.2, 0.25) is 0 Å². The van der Waals surface area contributed by atoms with Crippen molar-refractivity contribution < 1.29 is 8.78 Å². The van der Waals surface area contributed by atoms with Crippen LogP contribution in [0.25, 0.3) is 11.4 Å². The summed E-state index contributed by atoms with van der Waals surface area (Å²) >= 11 is 3.06. The summed E-state index contributed by atoms with van der Waals surface area (Å²) in [5.41, 5.74) is 3.08. The average Bonchev–Trinajstić information content (AvgIpc) is 2.40. The third-order valence-corrected chi connectivity index (χ3v) is 3.83. The van der Waals surface area contributed by atoms with Crippen LogP contribution < -0.4 is 5.32 Å². The van der Waals surface area contributed by atoms with Gasteiger partial charge in [-0.2, -0.15) is 0 Å². The van der Waals surface area contributed by atoms with Gasteiger partial charge in [-0.25, -0.2) is 18.7 Å². The largest absolute Gasteiger partial charge is 0.316 e. The number of hydrogen-bond donors (Lipinski definition) is 1. The van der Waals surface area contributed by atoms with E-state index < -0.39 is 11.6 Å². The SMILES string of the molecule is CNCc1c(C)nc(-c2ccc(F)c(F)c2Br)nc1C. The van der Waals surface area contributed by atoms with Crippen molar-refractivity contribution in [3.63, 3.8) is 0 Å². The van der Waals surface area contributed by atoms with E-state index in [0.717, 1.165) is 23.0 Å². The molecule has 0 unspecified atom stereocenters. The maximum Gasteiger partial charge on any atom is 0.173 e. The summed E-state index contributed by atoms with van der Waals surface area (Å²) in [4.78, 5) is 8.77. The highest BCUT2D eigenvalue weighted by atomic mass is 79.9. The third kappa shape index (κ3) is 2.71. The van der Waals surface area contributed by atoms with E-state index in [2.05, 4.69) is 31.2 Å². The second-order valence-electron chi connectivity index (χ2n) is 4.45. The zero-order valence-electron chi connectivity index (χ0n) is 11.4. The molecule has 0 saturated heterocycles. The van der Waals surface area contributed by atoms with Crippen LogP contribution in [0.3, 0.4) is 0 Å². The number of hydrogen-bond acceptors (Lipinski definition) is 3. The molecule has 0 amide bonds. The van der Waals surface area contributed by atoms with Gasteiger partial charge >= 0.3 is 0 Å². The monoisotopic (exact) mass is 341 g/mol. The van der Waals surface area contributed by atoms with Crippen LogP contribution >= 0.6 is 15.9 Å². The van der Waals surface area contributed by atoms with Crippen LogP contribution in [-0.4, -0.2) is 17.0 Å². The first kappa shape index (κ1) is 15.0. The zero-order chi connectivity index (χ0) is 14.9. The maximum absolute atomic E-state index is 13.6. The summed E-state index contributed by atoms with van der Waals surface area (Å²) < 4.78 is 26.8. The molecular formula is C14H14BrF2N3. The van der Waals surface area contributed by atoms with Gasteiger partial charge in [-0.15, -0.1) is 0 Å². The molecule has 0 bridgehead atoms. The number of nitrogens with zero attached hydrogens (tertiary/aromatic N) is 2. The summed E-state index contributed by atoms with van der Waals surface area (Å²) in [5, 5.41) is 3.05. The van der Waals surface area contributed by atoms with E-state index in [0.29, 0.717) is 17.9 Å². The molecule has 2 rings (SSSR count). The Morgan fingerprint density at radius 2 is 1.75 bits per heavy atom. The smallest absolute Gasteiger partial charge is 0.173 e. The van der Waals surface area contributed by atoms with E-state index in [-0.39, 0.29) is 4.47 Å². The lowest BCUT2D eigenvalue weighted by Crippen LogP contribution is -2.11. The molecule has 0 atom stereocenters. The van der Waals surface area contributed by atoms with Gasteiger partial charge in [-0.1, -0.05) is 0 Å². The highest BCUT2D eigenvalue weighted by molar-refractivity contribution is 9.10. The molecular weight excluding hydrogens is 328 g/mol. The molecule has 1 heterocycles. The number of aryl methyl sites for hydroxylation is 2. The molecule has 6 heteroatoms. The summed E-state index contributed by atoms with van der Waals surface area (Å²) in [7, 11) is 1.85. The Balaban J connectivity index is 2.57. The number of halogens is 3. The minimum Gasteiger partial charge on any atom is -0.316 e. The lowest BCUT2D eigenvalue weighted by Gasteiger charge is -2.11. The van der Waals surface area contributed by atoms with Gasteiger partial charge in [0.15, 0.2) is 17.5 Å². The molecule has 0 aliphatic carbocycles. The predicted molar refractivity (Wildman–Crippen MR) is 77.3 cm³/mol. The Bertz CT molecular complexity index is 636. The van der Waals surface area contributed by atoms with Crippen LogP contribution in [0.5, 0.6) is 0 Å². The van der Waals surface area contributed by atoms with Crippen LogP contribution in [0.1, 0.15) is 17.0 Å². The highest BCUT2D eigenvalue weighted by Crippen LogP contribution is 2.30. The van der Waals surface area contributed by atoms with Crippen molar-refractivity contribution >= 4 is 15.9 Å². The minimum absolute atomic E-state index is 0.0395. The maximum atomic E-state index is 13.6. The number of benzene rings is 1. The normalized spacial score (nSPS) is 10.9. The van der Waals surface area contributed by atoms with Crippen molar-refractivity contribution in [3.8, 4) is 11.4 Å². The van der Waals surface area contributed by atoms with Crippen molar-refractivity contribution in [2.24, 2.45) is 0 Å². The van der Waals surface area contributed by atoms with Crippen LogP contribution in [-0.2, 0) is 6.54 Å². The van der Waals surface area contributed by atoms with Crippen LogP contribution in [0, 0.1) is 25.5 Å². The van der Waals surface area contributed by atoms with Crippen molar-refractivity contribution in [1.82, 2.24) is 15.3 Å². The molecule has 1 aromatic carbocycles. The van der Waals surface area contributed by atoms with E-state index >= 15 is 0 Å². The molecule has 0 radical (unpaired) electrons. The average molecular weight is 342 g/mol. The molecule has 106 valence electrons. The van der Waals surface area contributed by atoms with Gasteiger partial charge in [0.1, 0.15) is 0 Å². The van der Waals surface area contributed by atoms with E-state index in [1.165, 1.54) is 6.07 Å². The fourth-order valence-electron chi connectivity index (χ4n) is 1.99. The second kappa shape index (κ2) is 5.93. The Morgan fingerprint density at radius 1 is 1.15 bits per heavy atom. The fourth-order valence-corrected chi connectivity index (χ4v) is 2.49. The van der Waals surface area contributed by atoms with E-state index in [9.17, 15) is 8.78 Å². The number of aromatic nitrogens is 2. The minimum atomic E-state index is -0.930. The van der Waals surface area contributed by atoms with Crippen molar-refractivity contribution in [2.75, 3.05) is 7.05 Å². The van der Waals surface area contributed by atoms with Gasteiger partial charge in [0, 0.05) is 29.1 Å². The Kier molecular flexibility index (Phi) is 4.45. The van der Waals surface area contributed by atoms with Gasteiger partial charge < -0.3 is 5.32 Å². The van der Waals surface area contributed by atoms with Gasteiger partial charge in [0.05, 0.1) is 4.47 Å². The lowest BCUT2D eigenvalue weighted by molar-refractivity contribution is 0.504. The highest BCUT2D eigenvalue weighted by Gasteiger charge is 2.16.